The van der Waals surface area contributed by atoms with Crippen LogP contribution in [0.4, 0.5) is 0 Å². The Bertz CT molecular complexity index is 1340. The van der Waals surface area contributed by atoms with Gasteiger partial charge in [-0.25, -0.2) is 9.78 Å². The Morgan fingerprint density at radius 3 is 2.61 bits per heavy atom. The standard InChI is InChI=1S/C21H21ClN4O4S/c1-24-14-10-26(8-9-30-11-15(27)19-23-16(22)12-31-19)18(13-6-4-3-5-7-13)17(14)20(28)25(2)21(24)29/h3-7,10,12,15,27H,8-9,11H2,1-2H3. The van der Waals surface area contributed by atoms with Crippen LogP contribution in [-0.2, 0) is 25.4 Å². The third-order valence-electron chi connectivity index (χ3n) is 5.09. The first-order chi connectivity index (χ1) is 14.9. The van der Waals surface area contributed by atoms with Gasteiger partial charge >= 0.3 is 5.69 Å². The second-order valence-corrected chi connectivity index (χ2v) is 8.38. The molecule has 0 radical (unpaired) electrons. The van der Waals surface area contributed by atoms with E-state index in [1.165, 1.54) is 23.0 Å². The predicted molar refractivity (Wildman–Crippen MR) is 121 cm³/mol. The highest BCUT2D eigenvalue weighted by atomic mass is 35.5. The lowest BCUT2D eigenvalue weighted by Crippen LogP contribution is -2.36. The van der Waals surface area contributed by atoms with Crippen LogP contribution in [-0.4, -0.2) is 37.0 Å². The normalized spacial score (nSPS) is 12.5. The van der Waals surface area contributed by atoms with Gasteiger partial charge in [-0.1, -0.05) is 41.9 Å². The average molecular weight is 461 g/mol. The molecular formula is C21H21ClN4O4S. The number of halogens is 1. The molecule has 1 N–H and O–H groups in total. The van der Waals surface area contributed by atoms with Gasteiger partial charge < -0.3 is 14.4 Å². The smallest absolute Gasteiger partial charge is 0.330 e. The van der Waals surface area contributed by atoms with E-state index in [0.717, 1.165) is 15.8 Å². The summed E-state index contributed by atoms with van der Waals surface area (Å²) in [6, 6.07) is 9.55. The number of benzene rings is 1. The Morgan fingerprint density at radius 1 is 1.19 bits per heavy atom. The van der Waals surface area contributed by atoms with Crippen molar-refractivity contribution in [2.75, 3.05) is 13.2 Å². The molecule has 1 unspecified atom stereocenters. The Morgan fingerprint density at radius 2 is 1.94 bits per heavy atom. The molecule has 3 heterocycles. The molecule has 3 aromatic heterocycles. The molecule has 0 amide bonds. The zero-order chi connectivity index (χ0) is 22.1. The van der Waals surface area contributed by atoms with Crippen LogP contribution in [0.5, 0.6) is 0 Å². The largest absolute Gasteiger partial charge is 0.383 e. The molecule has 1 atom stereocenters. The first-order valence-corrected chi connectivity index (χ1v) is 10.8. The summed E-state index contributed by atoms with van der Waals surface area (Å²) in [7, 11) is 3.13. The summed E-state index contributed by atoms with van der Waals surface area (Å²) in [4.78, 5) is 29.4. The van der Waals surface area contributed by atoms with Gasteiger partial charge in [-0.2, -0.15) is 0 Å². The Kier molecular flexibility index (Phi) is 6.10. The maximum atomic E-state index is 12.9. The molecule has 4 aromatic rings. The topological polar surface area (TPSA) is 91.3 Å². The predicted octanol–water partition coefficient (Wildman–Crippen LogP) is 2.57. The molecule has 31 heavy (non-hydrogen) atoms. The second-order valence-electron chi connectivity index (χ2n) is 7.10. The minimum Gasteiger partial charge on any atom is -0.383 e. The van der Waals surface area contributed by atoms with Gasteiger partial charge in [0, 0.05) is 32.2 Å². The maximum Gasteiger partial charge on any atom is 0.330 e. The molecule has 162 valence electrons. The summed E-state index contributed by atoms with van der Waals surface area (Å²) < 4.78 is 10.2. The van der Waals surface area contributed by atoms with Crippen LogP contribution >= 0.6 is 22.9 Å². The van der Waals surface area contributed by atoms with Crippen LogP contribution in [0.3, 0.4) is 0 Å². The molecule has 1 aromatic carbocycles. The number of thiazole rings is 1. The Balaban J connectivity index is 1.64. The van der Waals surface area contributed by atoms with Gasteiger partial charge in [0.15, 0.2) is 0 Å². The lowest BCUT2D eigenvalue weighted by molar-refractivity contribution is 0.0328. The van der Waals surface area contributed by atoms with Crippen molar-refractivity contribution in [2.45, 2.75) is 12.6 Å². The summed E-state index contributed by atoms with van der Waals surface area (Å²) in [6.45, 7) is 0.804. The number of aliphatic hydroxyl groups is 1. The van der Waals surface area contributed by atoms with Crippen molar-refractivity contribution in [3.8, 4) is 11.3 Å². The number of aromatic nitrogens is 4. The van der Waals surface area contributed by atoms with Gasteiger partial charge in [0.05, 0.1) is 29.8 Å². The molecular weight excluding hydrogens is 440 g/mol. The highest BCUT2D eigenvalue weighted by molar-refractivity contribution is 7.10. The number of aliphatic hydroxyl groups excluding tert-OH is 1. The van der Waals surface area contributed by atoms with Gasteiger partial charge in [0.1, 0.15) is 16.3 Å². The van der Waals surface area contributed by atoms with Crippen molar-refractivity contribution >= 4 is 33.8 Å². The molecule has 0 aliphatic carbocycles. The number of aryl methyl sites for hydroxylation is 1. The molecule has 0 spiro atoms. The van der Waals surface area contributed by atoms with Crippen LogP contribution in [0.25, 0.3) is 22.2 Å². The highest BCUT2D eigenvalue weighted by Gasteiger charge is 2.19. The van der Waals surface area contributed by atoms with E-state index < -0.39 is 6.10 Å². The van der Waals surface area contributed by atoms with Crippen molar-refractivity contribution in [1.29, 1.82) is 0 Å². The van der Waals surface area contributed by atoms with Crippen molar-refractivity contribution < 1.29 is 9.84 Å². The minimum absolute atomic E-state index is 0.0750. The van der Waals surface area contributed by atoms with Crippen molar-refractivity contribution in [3.63, 3.8) is 0 Å². The van der Waals surface area contributed by atoms with Crippen molar-refractivity contribution in [1.82, 2.24) is 18.7 Å². The number of rotatable bonds is 7. The molecule has 0 saturated carbocycles. The minimum atomic E-state index is -0.858. The van der Waals surface area contributed by atoms with E-state index in [9.17, 15) is 14.7 Å². The summed E-state index contributed by atoms with van der Waals surface area (Å²) in [5.74, 6) is 0. The lowest BCUT2D eigenvalue weighted by atomic mass is 10.1. The summed E-state index contributed by atoms with van der Waals surface area (Å²) in [5, 5.41) is 13.2. The van der Waals surface area contributed by atoms with E-state index in [1.807, 2.05) is 34.9 Å². The van der Waals surface area contributed by atoms with E-state index in [0.29, 0.717) is 34.2 Å². The second kappa shape index (κ2) is 8.80. The van der Waals surface area contributed by atoms with Gasteiger partial charge in [-0.05, 0) is 5.56 Å². The van der Waals surface area contributed by atoms with E-state index >= 15 is 0 Å². The number of fused-ring (bicyclic) bond motifs is 1. The Labute approximate surface area is 186 Å². The molecule has 4 rings (SSSR count). The molecule has 8 nitrogen and oxygen atoms in total. The summed E-state index contributed by atoms with van der Waals surface area (Å²) >= 11 is 7.07. The van der Waals surface area contributed by atoms with Gasteiger partial charge in [0.2, 0.25) is 0 Å². The number of hydrogen-bond donors (Lipinski definition) is 1. The molecule has 0 fully saturated rings. The number of ether oxygens (including phenoxy) is 1. The SMILES string of the molecule is Cn1c(=O)c2c(-c3ccccc3)n(CCOCC(O)c3nc(Cl)cs3)cc2n(C)c1=O. The highest BCUT2D eigenvalue weighted by Crippen LogP contribution is 2.28. The van der Waals surface area contributed by atoms with Gasteiger partial charge in [-0.15, -0.1) is 11.3 Å². The van der Waals surface area contributed by atoms with Gasteiger partial charge in [0.25, 0.3) is 5.56 Å². The monoisotopic (exact) mass is 460 g/mol. The van der Waals surface area contributed by atoms with Crippen LogP contribution < -0.4 is 11.2 Å². The quantitative estimate of drug-likeness (QED) is 0.428. The van der Waals surface area contributed by atoms with Crippen LogP contribution in [0.1, 0.15) is 11.1 Å². The molecule has 0 aliphatic heterocycles. The molecule has 10 heteroatoms. The van der Waals surface area contributed by atoms with Crippen molar-refractivity contribution in [3.05, 3.63) is 72.9 Å². The third-order valence-corrected chi connectivity index (χ3v) is 6.36. The van der Waals surface area contributed by atoms with Crippen LogP contribution in [0.2, 0.25) is 5.15 Å². The maximum absolute atomic E-state index is 12.9. The fourth-order valence-electron chi connectivity index (χ4n) is 3.52. The average Bonchev–Trinajstić information content (AvgIpc) is 3.38. The molecule has 0 saturated heterocycles. The van der Waals surface area contributed by atoms with E-state index in [2.05, 4.69) is 4.98 Å². The molecule has 0 aliphatic rings. The first kappa shape index (κ1) is 21.5. The van der Waals surface area contributed by atoms with E-state index in [1.54, 1.807) is 18.6 Å². The fraction of sp³-hybridized carbons (Fsp3) is 0.286. The third kappa shape index (κ3) is 4.09. The number of nitrogens with zero attached hydrogens (tertiary/aromatic N) is 4. The van der Waals surface area contributed by atoms with E-state index in [-0.39, 0.29) is 17.9 Å². The summed E-state index contributed by atoms with van der Waals surface area (Å²) in [6.07, 6.45) is 0.934. The van der Waals surface area contributed by atoms with Crippen LogP contribution in [0, 0.1) is 0 Å². The Hall–Kier alpha value is -2.72. The number of hydrogen-bond acceptors (Lipinski definition) is 6. The fourth-order valence-corrected chi connectivity index (χ4v) is 4.44. The zero-order valence-electron chi connectivity index (χ0n) is 17.0. The van der Waals surface area contributed by atoms with Gasteiger partial charge in [-0.3, -0.25) is 13.9 Å². The zero-order valence-corrected chi connectivity index (χ0v) is 18.6. The first-order valence-electron chi connectivity index (χ1n) is 9.59. The lowest BCUT2D eigenvalue weighted by Gasteiger charge is -2.12. The van der Waals surface area contributed by atoms with Crippen LogP contribution in [0.15, 0.2) is 51.5 Å². The van der Waals surface area contributed by atoms with E-state index in [4.69, 9.17) is 16.3 Å². The van der Waals surface area contributed by atoms with Crippen molar-refractivity contribution in [2.24, 2.45) is 14.1 Å². The molecule has 0 bridgehead atoms. The summed E-state index contributed by atoms with van der Waals surface area (Å²) in [5.41, 5.74) is 1.43.